The third-order valence-electron chi connectivity index (χ3n) is 5.75. The highest BCUT2D eigenvalue weighted by atomic mass is 16.5. The first kappa shape index (κ1) is 17.9. The Kier molecular flexibility index (Phi) is 5.04. The molecule has 3 aromatic rings. The van der Waals surface area contributed by atoms with Crippen molar-refractivity contribution in [2.45, 2.75) is 39.4 Å². The maximum Gasteiger partial charge on any atom is 0.118 e. The first-order valence-corrected chi connectivity index (χ1v) is 9.75. The molecular formula is C24H28N2O. The summed E-state index contributed by atoms with van der Waals surface area (Å²) in [5, 5.41) is 0. The van der Waals surface area contributed by atoms with Crippen LogP contribution in [0.15, 0.2) is 60.8 Å². The molecule has 3 heteroatoms. The van der Waals surface area contributed by atoms with E-state index in [1.54, 1.807) is 7.11 Å². The van der Waals surface area contributed by atoms with E-state index >= 15 is 0 Å². The largest absolute Gasteiger partial charge is 0.497 e. The van der Waals surface area contributed by atoms with Crippen LogP contribution in [-0.2, 0) is 13.1 Å². The molecule has 1 atom stereocenters. The summed E-state index contributed by atoms with van der Waals surface area (Å²) in [6.45, 7) is 7.51. The monoisotopic (exact) mass is 360 g/mol. The average molecular weight is 361 g/mol. The molecule has 0 bridgehead atoms. The zero-order chi connectivity index (χ0) is 18.8. The smallest absolute Gasteiger partial charge is 0.118 e. The van der Waals surface area contributed by atoms with Crippen LogP contribution in [0, 0.1) is 13.8 Å². The second kappa shape index (κ2) is 7.61. The zero-order valence-corrected chi connectivity index (χ0v) is 16.5. The van der Waals surface area contributed by atoms with E-state index in [0.717, 1.165) is 25.4 Å². The van der Waals surface area contributed by atoms with E-state index in [1.807, 2.05) is 0 Å². The Hall–Kier alpha value is -2.52. The third-order valence-corrected chi connectivity index (χ3v) is 5.75. The van der Waals surface area contributed by atoms with Crippen molar-refractivity contribution in [3.8, 4) is 5.75 Å². The van der Waals surface area contributed by atoms with Crippen LogP contribution in [0.4, 0.5) is 0 Å². The van der Waals surface area contributed by atoms with Gasteiger partial charge in [-0.3, -0.25) is 4.90 Å². The minimum absolute atomic E-state index is 0.281. The fourth-order valence-electron chi connectivity index (χ4n) is 4.09. The fraction of sp³-hybridized carbons (Fsp3) is 0.333. The van der Waals surface area contributed by atoms with Crippen molar-refractivity contribution < 1.29 is 4.74 Å². The Morgan fingerprint density at radius 3 is 2.52 bits per heavy atom. The van der Waals surface area contributed by atoms with Gasteiger partial charge in [0.05, 0.1) is 13.2 Å². The highest BCUT2D eigenvalue weighted by Crippen LogP contribution is 2.34. The normalized spacial score (nSPS) is 17.4. The summed E-state index contributed by atoms with van der Waals surface area (Å²) in [7, 11) is 1.72. The van der Waals surface area contributed by atoms with Gasteiger partial charge in [-0.2, -0.15) is 0 Å². The number of hydrogen-bond donors (Lipinski definition) is 0. The van der Waals surface area contributed by atoms with Crippen LogP contribution in [0.5, 0.6) is 5.75 Å². The molecule has 0 amide bonds. The number of aryl methyl sites for hydroxylation is 3. The number of hydrogen-bond acceptors (Lipinski definition) is 2. The average Bonchev–Trinajstić information content (AvgIpc) is 3.06. The summed E-state index contributed by atoms with van der Waals surface area (Å²) >= 11 is 0. The van der Waals surface area contributed by atoms with Gasteiger partial charge in [0, 0.05) is 31.5 Å². The summed E-state index contributed by atoms with van der Waals surface area (Å²) in [6.07, 6.45) is 3.39. The number of fused-ring (bicyclic) bond motifs is 1. The van der Waals surface area contributed by atoms with Gasteiger partial charge in [0.2, 0.25) is 0 Å². The number of rotatable bonds is 4. The Labute approximate surface area is 162 Å². The standard InChI is InChI=1S/C24H28N2O/c1-18-7-10-21(16-19(18)2)24-23-6-4-13-25(23)14-5-15-26(24)17-20-8-11-22(27-3)12-9-20/h4,6-13,16,24H,5,14-15,17H2,1-3H3/t24-/m0/s1. The predicted molar refractivity (Wildman–Crippen MR) is 110 cm³/mol. The van der Waals surface area contributed by atoms with Gasteiger partial charge < -0.3 is 9.30 Å². The maximum atomic E-state index is 5.31. The van der Waals surface area contributed by atoms with Crippen molar-refractivity contribution in [2.75, 3.05) is 13.7 Å². The van der Waals surface area contributed by atoms with Crippen LogP contribution < -0.4 is 4.74 Å². The Morgan fingerprint density at radius 2 is 1.78 bits per heavy atom. The topological polar surface area (TPSA) is 17.4 Å². The molecule has 1 aliphatic heterocycles. The van der Waals surface area contributed by atoms with Gasteiger partial charge in [-0.25, -0.2) is 0 Å². The van der Waals surface area contributed by atoms with E-state index in [4.69, 9.17) is 4.74 Å². The minimum Gasteiger partial charge on any atom is -0.497 e. The number of aromatic nitrogens is 1. The molecule has 0 saturated carbocycles. The van der Waals surface area contributed by atoms with Crippen molar-refractivity contribution in [3.63, 3.8) is 0 Å². The third kappa shape index (κ3) is 3.65. The molecule has 0 saturated heterocycles. The molecule has 0 unspecified atom stereocenters. The van der Waals surface area contributed by atoms with Crippen molar-refractivity contribution in [1.82, 2.24) is 9.47 Å². The molecule has 1 aromatic heterocycles. The van der Waals surface area contributed by atoms with Crippen LogP contribution in [0.3, 0.4) is 0 Å². The second-order valence-corrected chi connectivity index (χ2v) is 7.54. The molecule has 140 valence electrons. The first-order valence-electron chi connectivity index (χ1n) is 9.75. The van der Waals surface area contributed by atoms with E-state index in [2.05, 4.69) is 84.1 Å². The second-order valence-electron chi connectivity index (χ2n) is 7.54. The van der Waals surface area contributed by atoms with Crippen LogP contribution in [0.2, 0.25) is 0 Å². The van der Waals surface area contributed by atoms with Crippen molar-refractivity contribution in [1.29, 1.82) is 0 Å². The summed E-state index contributed by atoms with van der Waals surface area (Å²) in [4.78, 5) is 2.62. The van der Waals surface area contributed by atoms with Gasteiger partial charge in [0.15, 0.2) is 0 Å². The summed E-state index contributed by atoms with van der Waals surface area (Å²) in [5.74, 6) is 0.911. The number of ether oxygens (including phenoxy) is 1. The molecule has 0 aliphatic carbocycles. The lowest BCUT2D eigenvalue weighted by atomic mass is 9.97. The Balaban J connectivity index is 1.72. The van der Waals surface area contributed by atoms with Gasteiger partial charge in [0.1, 0.15) is 5.75 Å². The quantitative estimate of drug-likeness (QED) is 0.643. The number of nitrogens with zero attached hydrogens (tertiary/aromatic N) is 2. The molecular weight excluding hydrogens is 332 g/mol. The molecule has 0 radical (unpaired) electrons. The lowest BCUT2D eigenvalue weighted by Gasteiger charge is -2.31. The van der Waals surface area contributed by atoms with E-state index < -0.39 is 0 Å². The molecule has 3 nitrogen and oxygen atoms in total. The van der Waals surface area contributed by atoms with Crippen LogP contribution in [0.25, 0.3) is 0 Å². The highest BCUT2D eigenvalue weighted by molar-refractivity contribution is 5.36. The Bertz CT molecular complexity index is 910. The Morgan fingerprint density at radius 1 is 0.963 bits per heavy atom. The molecule has 27 heavy (non-hydrogen) atoms. The van der Waals surface area contributed by atoms with E-state index in [0.29, 0.717) is 0 Å². The van der Waals surface area contributed by atoms with Gasteiger partial charge in [-0.05, 0) is 66.8 Å². The molecule has 0 N–H and O–H groups in total. The SMILES string of the molecule is COc1ccc(CN2CCCn3cccc3[C@@H]2c2ccc(C)c(C)c2)cc1. The zero-order valence-electron chi connectivity index (χ0n) is 16.5. The highest BCUT2D eigenvalue weighted by Gasteiger charge is 2.27. The summed E-state index contributed by atoms with van der Waals surface area (Å²) in [5.41, 5.74) is 6.81. The maximum absolute atomic E-state index is 5.31. The van der Waals surface area contributed by atoms with Gasteiger partial charge in [-0.1, -0.05) is 30.3 Å². The molecule has 0 spiro atoms. The van der Waals surface area contributed by atoms with E-state index in [9.17, 15) is 0 Å². The molecule has 0 fully saturated rings. The number of methoxy groups -OCH3 is 1. The molecule has 2 aromatic carbocycles. The first-order chi connectivity index (χ1) is 13.2. The lowest BCUT2D eigenvalue weighted by Crippen LogP contribution is -2.29. The molecule has 2 heterocycles. The summed E-state index contributed by atoms with van der Waals surface area (Å²) < 4.78 is 7.74. The summed E-state index contributed by atoms with van der Waals surface area (Å²) in [6, 6.07) is 20.1. The predicted octanol–water partition coefficient (Wildman–Crippen LogP) is 5.11. The van der Waals surface area contributed by atoms with Crippen LogP contribution in [0.1, 0.15) is 40.4 Å². The molecule has 4 rings (SSSR count). The van der Waals surface area contributed by atoms with E-state index in [1.165, 1.54) is 34.4 Å². The van der Waals surface area contributed by atoms with Gasteiger partial charge in [0.25, 0.3) is 0 Å². The lowest BCUT2D eigenvalue weighted by molar-refractivity contribution is 0.220. The van der Waals surface area contributed by atoms with Crippen molar-refractivity contribution >= 4 is 0 Å². The van der Waals surface area contributed by atoms with Crippen LogP contribution in [-0.4, -0.2) is 23.1 Å². The fourth-order valence-corrected chi connectivity index (χ4v) is 4.09. The van der Waals surface area contributed by atoms with E-state index in [-0.39, 0.29) is 6.04 Å². The van der Waals surface area contributed by atoms with Crippen molar-refractivity contribution in [3.05, 3.63) is 88.7 Å². The van der Waals surface area contributed by atoms with Crippen molar-refractivity contribution in [2.24, 2.45) is 0 Å². The number of benzene rings is 2. The minimum atomic E-state index is 0.281. The van der Waals surface area contributed by atoms with Crippen LogP contribution >= 0.6 is 0 Å². The van der Waals surface area contributed by atoms with Gasteiger partial charge in [-0.15, -0.1) is 0 Å². The molecule has 1 aliphatic rings. The van der Waals surface area contributed by atoms with Gasteiger partial charge >= 0.3 is 0 Å².